The zero-order valence-corrected chi connectivity index (χ0v) is 11.3. The summed E-state index contributed by atoms with van der Waals surface area (Å²) < 4.78 is 0. The second kappa shape index (κ2) is 5.78. The van der Waals surface area contributed by atoms with E-state index in [9.17, 15) is 0 Å². The third kappa shape index (κ3) is 3.17. The van der Waals surface area contributed by atoms with E-state index in [1.54, 1.807) is 0 Å². The summed E-state index contributed by atoms with van der Waals surface area (Å²) in [5.74, 6) is 0.896. The molecule has 0 bridgehead atoms. The van der Waals surface area contributed by atoms with Crippen molar-refractivity contribution >= 4 is 16.9 Å². The van der Waals surface area contributed by atoms with E-state index in [1.807, 2.05) is 31.2 Å². The zero-order chi connectivity index (χ0) is 13.0. The summed E-state index contributed by atoms with van der Waals surface area (Å²) in [6, 6.07) is 7.96. The van der Waals surface area contributed by atoms with Crippen molar-refractivity contribution in [1.29, 1.82) is 0 Å². The Morgan fingerprint density at radius 2 is 1.78 bits per heavy atom. The summed E-state index contributed by atoms with van der Waals surface area (Å²) in [7, 11) is 4.17. The van der Waals surface area contributed by atoms with Crippen LogP contribution in [0, 0.1) is 6.92 Å². The molecule has 0 unspecified atom stereocenters. The fourth-order valence-electron chi connectivity index (χ4n) is 1.86. The average Bonchev–Trinajstić information content (AvgIpc) is 2.34. The topological polar surface area (TPSA) is 41.1 Å². The summed E-state index contributed by atoms with van der Waals surface area (Å²) in [5.41, 5.74) is 2.85. The number of nitrogens with one attached hydrogen (secondary N) is 1. The Kier molecular flexibility index (Phi) is 4.10. The van der Waals surface area contributed by atoms with Gasteiger partial charge in [0.1, 0.15) is 5.82 Å². The molecule has 1 heterocycles. The van der Waals surface area contributed by atoms with Gasteiger partial charge < -0.3 is 10.2 Å². The molecule has 1 aromatic carbocycles. The lowest BCUT2D eigenvalue weighted by Crippen LogP contribution is -2.17. The molecular formula is C14H20N4. The van der Waals surface area contributed by atoms with Gasteiger partial charge in [-0.1, -0.05) is 12.1 Å². The van der Waals surface area contributed by atoms with Crippen molar-refractivity contribution in [3.05, 3.63) is 30.0 Å². The van der Waals surface area contributed by atoms with Crippen LogP contribution in [0.2, 0.25) is 0 Å². The highest BCUT2D eigenvalue weighted by Gasteiger charge is 2.03. The minimum atomic E-state index is 0.896. The Hall–Kier alpha value is -1.68. The number of nitrogens with zero attached hydrogens (tertiary/aromatic N) is 3. The fourth-order valence-corrected chi connectivity index (χ4v) is 1.86. The van der Waals surface area contributed by atoms with Crippen LogP contribution in [0.5, 0.6) is 0 Å². The SMILES string of the molecule is Cc1nc2ccccc2nc1NCCCN(C)C. The maximum absolute atomic E-state index is 4.60. The fraction of sp³-hybridized carbons (Fsp3) is 0.429. The molecule has 0 aliphatic carbocycles. The Balaban J connectivity index is 2.06. The van der Waals surface area contributed by atoms with Gasteiger partial charge in [-0.3, -0.25) is 0 Å². The lowest BCUT2D eigenvalue weighted by atomic mass is 10.3. The number of anilines is 1. The molecule has 1 N–H and O–H groups in total. The van der Waals surface area contributed by atoms with Crippen LogP contribution < -0.4 is 5.32 Å². The number of para-hydroxylation sites is 2. The number of fused-ring (bicyclic) bond motifs is 1. The maximum Gasteiger partial charge on any atom is 0.148 e. The van der Waals surface area contributed by atoms with Crippen molar-refractivity contribution in [3.8, 4) is 0 Å². The number of rotatable bonds is 5. The maximum atomic E-state index is 4.60. The second-order valence-electron chi connectivity index (χ2n) is 4.73. The van der Waals surface area contributed by atoms with Gasteiger partial charge in [-0.05, 0) is 46.1 Å². The molecule has 18 heavy (non-hydrogen) atoms. The molecule has 2 rings (SSSR count). The van der Waals surface area contributed by atoms with E-state index in [0.29, 0.717) is 0 Å². The number of hydrogen-bond donors (Lipinski definition) is 1. The van der Waals surface area contributed by atoms with E-state index in [1.165, 1.54) is 0 Å². The first-order chi connectivity index (χ1) is 8.66. The van der Waals surface area contributed by atoms with E-state index >= 15 is 0 Å². The molecule has 96 valence electrons. The zero-order valence-electron chi connectivity index (χ0n) is 11.3. The van der Waals surface area contributed by atoms with Gasteiger partial charge in [0, 0.05) is 6.54 Å². The quantitative estimate of drug-likeness (QED) is 0.819. The third-order valence-corrected chi connectivity index (χ3v) is 2.82. The minimum absolute atomic E-state index is 0.896. The number of aromatic nitrogens is 2. The Labute approximate surface area is 108 Å². The van der Waals surface area contributed by atoms with Gasteiger partial charge in [0.2, 0.25) is 0 Å². The van der Waals surface area contributed by atoms with E-state index in [2.05, 4.69) is 34.3 Å². The number of aryl methyl sites for hydroxylation is 1. The van der Waals surface area contributed by atoms with Crippen molar-refractivity contribution in [2.75, 3.05) is 32.5 Å². The van der Waals surface area contributed by atoms with Crippen LogP contribution >= 0.6 is 0 Å². The molecule has 0 aliphatic rings. The normalized spacial score (nSPS) is 11.1. The summed E-state index contributed by atoms with van der Waals surface area (Å²) in [6.45, 7) is 3.99. The lowest BCUT2D eigenvalue weighted by molar-refractivity contribution is 0.405. The molecule has 2 aromatic rings. The van der Waals surface area contributed by atoms with Gasteiger partial charge in [0.25, 0.3) is 0 Å². The molecule has 0 aliphatic heterocycles. The first-order valence-corrected chi connectivity index (χ1v) is 6.29. The van der Waals surface area contributed by atoms with Gasteiger partial charge in [0.15, 0.2) is 0 Å². The van der Waals surface area contributed by atoms with E-state index in [4.69, 9.17) is 0 Å². The molecule has 1 aromatic heterocycles. The molecule has 4 heteroatoms. The standard InChI is InChI=1S/C14H20N4/c1-11-14(15-9-6-10-18(2)3)17-13-8-5-4-7-12(13)16-11/h4-5,7-8H,6,9-10H2,1-3H3,(H,15,17). The highest BCUT2D eigenvalue weighted by atomic mass is 15.1. The van der Waals surface area contributed by atoms with Gasteiger partial charge in [-0.15, -0.1) is 0 Å². The van der Waals surface area contributed by atoms with Crippen molar-refractivity contribution in [3.63, 3.8) is 0 Å². The molecule has 0 saturated heterocycles. The van der Waals surface area contributed by atoms with Crippen molar-refractivity contribution in [1.82, 2.24) is 14.9 Å². The van der Waals surface area contributed by atoms with Crippen LogP contribution in [0.15, 0.2) is 24.3 Å². The van der Waals surface area contributed by atoms with E-state index in [-0.39, 0.29) is 0 Å². The van der Waals surface area contributed by atoms with Crippen LogP contribution in [0.1, 0.15) is 12.1 Å². The number of benzene rings is 1. The second-order valence-corrected chi connectivity index (χ2v) is 4.73. The van der Waals surface area contributed by atoms with Crippen LogP contribution in [0.25, 0.3) is 11.0 Å². The smallest absolute Gasteiger partial charge is 0.148 e. The number of hydrogen-bond acceptors (Lipinski definition) is 4. The molecule has 0 radical (unpaired) electrons. The van der Waals surface area contributed by atoms with Gasteiger partial charge in [-0.25, -0.2) is 9.97 Å². The summed E-state index contributed by atoms with van der Waals surface area (Å²) in [5, 5.41) is 3.36. The van der Waals surface area contributed by atoms with Crippen LogP contribution in [0.3, 0.4) is 0 Å². The Morgan fingerprint density at radius 3 is 2.44 bits per heavy atom. The van der Waals surface area contributed by atoms with Crippen molar-refractivity contribution in [2.24, 2.45) is 0 Å². The third-order valence-electron chi connectivity index (χ3n) is 2.82. The van der Waals surface area contributed by atoms with Crippen LogP contribution in [-0.2, 0) is 0 Å². The summed E-state index contributed by atoms with van der Waals surface area (Å²) in [6.07, 6.45) is 1.10. The molecule has 0 saturated carbocycles. The monoisotopic (exact) mass is 244 g/mol. The first kappa shape index (κ1) is 12.8. The van der Waals surface area contributed by atoms with Gasteiger partial charge >= 0.3 is 0 Å². The van der Waals surface area contributed by atoms with Crippen molar-refractivity contribution < 1.29 is 0 Å². The molecule has 0 atom stereocenters. The summed E-state index contributed by atoms with van der Waals surface area (Å²) >= 11 is 0. The van der Waals surface area contributed by atoms with Gasteiger partial charge in [0.05, 0.1) is 16.7 Å². The molecule has 0 spiro atoms. The lowest BCUT2D eigenvalue weighted by Gasteiger charge is -2.11. The predicted molar refractivity (Wildman–Crippen MR) is 75.9 cm³/mol. The van der Waals surface area contributed by atoms with Crippen molar-refractivity contribution in [2.45, 2.75) is 13.3 Å². The highest BCUT2D eigenvalue weighted by Crippen LogP contribution is 2.15. The molecule has 0 fully saturated rings. The average molecular weight is 244 g/mol. The van der Waals surface area contributed by atoms with E-state index in [0.717, 1.165) is 42.1 Å². The van der Waals surface area contributed by atoms with E-state index < -0.39 is 0 Å². The largest absolute Gasteiger partial charge is 0.369 e. The van der Waals surface area contributed by atoms with Crippen LogP contribution in [-0.4, -0.2) is 42.1 Å². The molecular weight excluding hydrogens is 224 g/mol. The highest BCUT2D eigenvalue weighted by molar-refractivity contribution is 5.76. The first-order valence-electron chi connectivity index (χ1n) is 6.29. The van der Waals surface area contributed by atoms with Gasteiger partial charge in [-0.2, -0.15) is 0 Å². The summed E-state index contributed by atoms with van der Waals surface area (Å²) in [4.78, 5) is 11.3. The molecule has 0 amide bonds. The predicted octanol–water partition coefficient (Wildman–Crippen LogP) is 2.30. The van der Waals surface area contributed by atoms with Crippen LogP contribution in [0.4, 0.5) is 5.82 Å². The Bertz CT molecular complexity index is 522. The minimum Gasteiger partial charge on any atom is -0.369 e. The Morgan fingerprint density at radius 1 is 1.11 bits per heavy atom. The molecule has 4 nitrogen and oxygen atoms in total.